The van der Waals surface area contributed by atoms with Gasteiger partial charge in [0.15, 0.2) is 0 Å². The molecule has 29 heavy (non-hydrogen) atoms. The fraction of sp³-hybridized carbons (Fsp3) is 0.333. The van der Waals surface area contributed by atoms with Crippen molar-refractivity contribution in [1.82, 2.24) is 10.0 Å². The third-order valence-corrected chi connectivity index (χ3v) is 6.34. The zero-order valence-corrected chi connectivity index (χ0v) is 17.2. The van der Waals surface area contributed by atoms with Crippen molar-refractivity contribution in [3.63, 3.8) is 0 Å². The molecule has 7 nitrogen and oxygen atoms in total. The Bertz CT molecular complexity index is 1000. The summed E-state index contributed by atoms with van der Waals surface area (Å²) in [5.74, 6) is -0.889. The molecule has 1 amide bonds. The Morgan fingerprint density at radius 2 is 1.83 bits per heavy atom. The van der Waals surface area contributed by atoms with Crippen LogP contribution in [0.4, 0.5) is 0 Å². The summed E-state index contributed by atoms with van der Waals surface area (Å²) < 4.78 is 33.2. The summed E-state index contributed by atoms with van der Waals surface area (Å²) in [4.78, 5) is 24.4. The minimum Gasteiger partial charge on any atom is -0.465 e. The van der Waals surface area contributed by atoms with Crippen LogP contribution in [0.25, 0.3) is 0 Å². The Kier molecular flexibility index (Phi) is 6.34. The van der Waals surface area contributed by atoms with Crippen LogP contribution in [0.5, 0.6) is 0 Å². The number of esters is 1. The van der Waals surface area contributed by atoms with Gasteiger partial charge in [0.1, 0.15) is 6.04 Å². The molecule has 2 aromatic rings. The quantitative estimate of drug-likeness (QED) is 0.641. The van der Waals surface area contributed by atoms with Crippen molar-refractivity contribution in [3.8, 4) is 0 Å². The van der Waals surface area contributed by atoms with E-state index in [0.717, 1.165) is 18.4 Å². The van der Waals surface area contributed by atoms with Crippen molar-refractivity contribution in [1.29, 1.82) is 0 Å². The summed E-state index contributed by atoms with van der Waals surface area (Å²) in [6.07, 6.45) is 2.05. The van der Waals surface area contributed by atoms with Gasteiger partial charge in [-0.25, -0.2) is 13.2 Å². The van der Waals surface area contributed by atoms with Crippen molar-refractivity contribution in [2.45, 2.75) is 43.2 Å². The Labute approximate surface area is 170 Å². The molecule has 2 aromatic carbocycles. The van der Waals surface area contributed by atoms with Crippen LogP contribution in [0.1, 0.15) is 34.3 Å². The maximum Gasteiger partial charge on any atom is 0.337 e. The van der Waals surface area contributed by atoms with Gasteiger partial charge in [0.25, 0.3) is 0 Å². The molecule has 8 heteroatoms. The minimum absolute atomic E-state index is 0.0161. The Morgan fingerprint density at radius 1 is 1.14 bits per heavy atom. The lowest BCUT2D eigenvalue weighted by atomic mass is 10.1. The summed E-state index contributed by atoms with van der Waals surface area (Å²) in [5, 5.41) is 2.87. The van der Waals surface area contributed by atoms with Gasteiger partial charge in [0.2, 0.25) is 15.9 Å². The van der Waals surface area contributed by atoms with Crippen LogP contribution in [0, 0.1) is 6.92 Å². The lowest BCUT2D eigenvalue weighted by molar-refractivity contribution is -0.122. The van der Waals surface area contributed by atoms with E-state index in [2.05, 4.69) is 14.8 Å². The number of methoxy groups -OCH3 is 1. The number of carbonyl (C=O) groups excluding carboxylic acids is 2. The molecule has 1 atom stereocenters. The van der Waals surface area contributed by atoms with E-state index in [1.807, 2.05) is 30.3 Å². The molecule has 0 aromatic heterocycles. The number of sulfonamides is 1. The predicted molar refractivity (Wildman–Crippen MR) is 108 cm³/mol. The van der Waals surface area contributed by atoms with Crippen LogP contribution in [0.2, 0.25) is 0 Å². The van der Waals surface area contributed by atoms with Crippen molar-refractivity contribution < 1.29 is 22.7 Å². The molecule has 1 aliphatic carbocycles. The predicted octanol–water partition coefficient (Wildman–Crippen LogP) is 1.95. The molecule has 0 aliphatic heterocycles. The van der Waals surface area contributed by atoms with Crippen LogP contribution in [0.15, 0.2) is 53.4 Å². The number of carbonyl (C=O) groups is 2. The van der Waals surface area contributed by atoms with Gasteiger partial charge >= 0.3 is 5.97 Å². The Morgan fingerprint density at radius 3 is 2.41 bits per heavy atom. The molecule has 3 rings (SSSR count). The van der Waals surface area contributed by atoms with Crippen LogP contribution < -0.4 is 10.0 Å². The number of amides is 1. The topological polar surface area (TPSA) is 102 Å². The molecule has 1 unspecified atom stereocenters. The van der Waals surface area contributed by atoms with Crippen LogP contribution in [-0.4, -0.2) is 39.5 Å². The van der Waals surface area contributed by atoms with Crippen LogP contribution >= 0.6 is 0 Å². The van der Waals surface area contributed by atoms with Crippen molar-refractivity contribution in [2.75, 3.05) is 7.11 Å². The van der Waals surface area contributed by atoms with E-state index in [1.54, 1.807) is 6.92 Å². The molecular formula is C21H24N2O5S. The van der Waals surface area contributed by atoms with E-state index in [-0.39, 0.29) is 28.8 Å². The van der Waals surface area contributed by atoms with E-state index < -0.39 is 22.0 Å². The smallest absolute Gasteiger partial charge is 0.337 e. The van der Waals surface area contributed by atoms with E-state index in [4.69, 9.17) is 0 Å². The summed E-state index contributed by atoms with van der Waals surface area (Å²) in [6.45, 7) is 1.59. The fourth-order valence-corrected chi connectivity index (χ4v) is 4.44. The first-order valence-corrected chi connectivity index (χ1v) is 10.8. The Hall–Kier alpha value is -2.71. The molecule has 0 heterocycles. The van der Waals surface area contributed by atoms with Crippen molar-refractivity contribution in [2.24, 2.45) is 0 Å². The van der Waals surface area contributed by atoms with E-state index >= 15 is 0 Å². The molecule has 154 valence electrons. The van der Waals surface area contributed by atoms with Crippen molar-refractivity contribution in [3.05, 3.63) is 65.2 Å². The summed E-state index contributed by atoms with van der Waals surface area (Å²) >= 11 is 0. The molecular weight excluding hydrogens is 392 g/mol. The molecule has 0 saturated heterocycles. The highest BCUT2D eigenvalue weighted by atomic mass is 32.2. The van der Waals surface area contributed by atoms with Crippen LogP contribution in [-0.2, 0) is 26.0 Å². The molecule has 1 saturated carbocycles. The first-order chi connectivity index (χ1) is 13.8. The molecule has 1 aliphatic rings. The van der Waals surface area contributed by atoms with E-state index in [9.17, 15) is 18.0 Å². The number of aryl methyl sites for hydroxylation is 1. The fourth-order valence-electron chi connectivity index (χ4n) is 3.01. The highest BCUT2D eigenvalue weighted by Gasteiger charge is 2.31. The SMILES string of the molecule is COC(=O)c1ccc(S(=O)(=O)NC(Cc2ccccc2)C(=O)NC2CC2)c(C)c1. The van der Waals surface area contributed by atoms with E-state index in [0.29, 0.717) is 5.56 Å². The number of nitrogens with one attached hydrogen (secondary N) is 2. The van der Waals surface area contributed by atoms with Gasteiger partial charge in [-0.2, -0.15) is 4.72 Å². The lowest BCUT2D eigenvalue weighted by Gasteiger charge is -2.19. The monoisotopic (exact) mass is 416 g/mol. The molecule has 1 fully saturated rings. The molecule has 0 spiro atoms. The molecule has 0 bridgehead atoms. The highest BCUT2D eigenvalue weighted by molar-refractivity contribution is 7.89. The number of rotatable bonds is 8. The first kappa shape index (κ1) is 21.0. The maximum absolute atomic E-state index is 13.0. The second-order valence-electron chi connectivity index (χ2n) is 7.12. The van der Waals surface area contributed by atoms with Crippen LogP contribution in [0.3, 0.4) is 0 Å². The normalized spacial score (nSPS) is 14.8. The number of hydrogen-bond donors (Lipinski definition) is 2. The second-order valence-corrected chi connectivity index (χ2v) is 8.80. The number of hydrogen-bond acceptors (Lipinski definition) is 5. The number of benzene rings is 2. The average Bonchev–Trinajstić information content (AvgIpc) is 3.51. The molecule has 2 N–H and O–H groups in total. The average molecular weight is 416 g/mol. The van der Waals surface area contributed by atoms with Gasteiger partial charge in [-0.3, -0.25) is 4.79 Å². The van der Waals surface area contributed by atoms with Gasteiger partial charge in [0, 0.05) is 6.04 Å². The first-order valence-electron chi connectivity index (χ1n) is 9.36. The van der Waals surface area contributed by atoms with Gasteiger partial charge in [-0.15, -0.1) is 0 Å². The Balaban J connectivity index is 1.84. The number of ether oxygens (including phenoxy) is 1. The third-order valence-electron chi connectivity index (χ3n) is 4.71. The largest absolute Gasteiger partial charge is 0.465 e. The van der Waals surface area contributed by atoms with Gasteiger partial charge in [0.05, 0.1) is 17.6 Å². The van der Waals surface area contributed by atoms with Gasteiger partial charge < -0.3 is 10.1 Å². The summed E-state index contributed by atoms with van der Waals surface area (Å²) in [7, 11) is -2.72. The second kappa shape index (κ2) is 8.75. The zero-order valence-electron chi connectivity index (χ0n) is 16.3. The standard InChI is InChI=1S/C21H24N2O5S/c1-14-12-16(21(25)28-2)8-11-19(14)29(26,27)23-18(20(24)22-17-9-10-17)13-15-6-4-3-5-7-15/h3-8,11-12,17-18,23H,9-10,13H2,1-2H3,(H,22,24). The van der Waals surface area contributed by atoms with E-state index in [1.165, 1.54) is 25.3 Å². The van der Waals surface area contributed by atoms with Crippen molar-refractivity contribution >= 4 is 21.9 Å². The summed E-state index contributed by atoms with van der Waals surface area (Å²) in [5.41, 5.74) is 1.50. The third kappa shape index (κ3) is 5.42. The minimum atomic E-state index is -3.98. The lowest BCUT2D eigenvalue weighted by Crippen LogP contribution is -2.48. The zero-order chi connectivity index (χ0) is 21.0. The maximum atomic E-state index is 13.0. The van der Waals surface area contributed by atoms with Gasteiger partial charge in [-0.05, 0) is 55.5 Å². The van der Waals surface area contributed by atoms with Gasteiger partial charge in [-0.1, -0.05) is 30.3 Å². The summed E-state index contributed by atoms with van der Waals surface area (Å²) in [6, 6.07) is 12.6. The molecule has 0 radical (unpaired) electrons. The highest BCUT2D eigenvalue weighted by Crippen LogP contribution is 2.21.